The molecule has 204 valence electrons. The summed E-state index contributed by atoms with van der Waals surface area (Å²) in [6.45, 7) is 3.01. The number of carbonyl (C=O) groups excluding carboxylic acids is 2. The van der Waals surface area contributed by atoms with E-state index in [1.165, 1.54) is 5.56 Å². The first kappa shape index (κ1) is 27.2. The molecule has 2 fully saturated rings. The first-order chi connectivity index (χ1) is 19.0. The van der Waals surface area contributed by atoms with Gasteiger partial charge in [-0.1, -0.05) is 52.3 Å². The molecule has 1 atom stereocenters. The van der Waals surface area contributed by atoms with Crippen LogP contribution in [-0.4, -0.2) is 44.3 Å². The Labute approximate surface area is 238 Å². The van der Waals surface area contributed by atoms with E-state index < -0.39 is 0 Å². The number of carbonyl (C=O) groups is 2. The van der Waals surface area contributed by atoms with E-state index in [9.17, 15) is 9.59 Å². The van der Waals surface area contributed by atoms with Gasteiger partial charge in [0.15, 0.2) is 0 Å². The highest BCUT2D eigenvalue weighted by Crippen LogP contribution is 2.30. The van der Waals surface area contributed by atoms with Gasteiger partial charge < -0.3 is 25.6 Å². The quantitative estimate of drug-likeness (QED) is 0.281. The maximum absolute atomic E-state index is 13.4. The van der Waals surface area contributed by atoms with Crippen LogP contribution in [0.25, 0.3) is 0 Å². The molecule has 8 heteroatoms. The zero-order valence-corrected chi connectivity index (χ0v) is 23.6. The molecule has 7 nitrogen and oxygen atoms in total. The number of nitrogens with one attached hydrogen (secondary N) is 3. The minimum Gasteiger partial charge on any atom is -0.376 e. The summed E-state index contributed by atoms with van der Waals surface area (Å²) in [7, 11) is 0. The second kappa shape index (κ2) is 13.1. The molecule has 3 aromatic carbocycles. The molecule has 0 aliphatic carbocycles. The molecule has 0 radical (unpaired) electrons. The molecule has 3 aromatic rings. The zero-order chi connectivity index (χ0) is 27.0. The standard InChI is InChI=1S/C31H35BrN4O3/c32-24-8-4-9-25(19-24)34-31(38)35-26-11-12-29(28(20-26)30(37)33-21-27-10-5-17-39-27)36-15-13-23(14-16-36)18-22-6-2-1-3-7-22/h1-4,6-9,11-12,19-20,23,27H,5,10,13-18,21H2,(H,33,37)(H2,34,35,38)/t27-/m1/s1. The van der Waals surface area contributed by atoms with E-state index in [1.54, 1.807) is 6.07 Å². The van der Waals surface area contributed by atoms with Gasteiger partial charge in [-0.2, -0.15) is 0 Å². The molecule has 0 unspecified atom stereocenters. The predicted molar refractivity (Wildman–Crippen MR) is 160 cm³/mol. The van der Waals surface area contributed by atoms with Crippen molar-refractivity contribution in [1.82, 2.24) is 5.32 Å². The van der Waals surface area contributed by atoms with E-state index in [-0.39, 0.29) is 18.0 Å². The molecule has 2 saturated heterocycles. The van der Waals surface area contributed by atoms with E-state index >= 15 is 0 Å². The Bertz CT molecular complexity index is 1270. The number of urea groups is 1. The van der Waals surface area contributed by atoms with Crippen LogP contribution in [0.15, 0.2) is 77.3 Å². The van der Waals surface area contributed by atoms with Gasteiger partial charge in [0, 0.05) is 47.8 Å². The second-order valence-corrected chi connectivity index (χ2v) is 11.2. The Hall–Kier alpha value is -3.36. The molecule has 3 N–H and O–H groups in total. The average Bonchev–Trinajstić information content (AvgIpc) is 3.47. The van der Waals surface area contributed by atoms with Gasteiger partial charge in [0.25, 0.3) is 5.91 Å². The maximum Gasteiger partial charge on any atom is 0.323 e. The molecule has 0 saturated carbocycles. The molecular formula is C31H35BrN4O3. The number of nitrogens with zero attached hydrogens (tertiary/aromatic N) is 1. The van der Waals surface area contributed by atoms with Crippen molar-refractivity contribution in [3.05, 3.63) is 88.4 Å². The van der Waals surface area contributed by atoms with Gasteiger partial charge in [-0.15, -0.1) is 0 Å². The van der Waals surface area contributed by atoms with E-state index in [0.29, 0.717) is 29.4 Å². The smallest absolute Gasteiger partial charge is 0.323 e. The lowest BCUT2D eigenvalue weighted by Crippen LogP contribution is -2.37. The third kappa shape index (κ3) is 7.61. The van der Waals surface area contributed by atoms with Crippen molar-refractivity contribution in [2.24, 2.45) is 5.92 Å². The van der Waals surface area contributed by atoms with E-state index in [0.717, 1.165) is 62.0 Å². The Morgan fingerprint density at radius 1 is 0.897 bits per heavy atom. The normalized spacial score (nSPS) is 17.6. The average molecular weight is 592 g/mol. The van der Waals surface area contributed by atoms with Crippen LogP contribution in [0.1, 0.15) is 41.6 Å². The van der Waals surface area contributed by atoms with Crippen molar-refractivity contribution in [3.8, 4) is 0 Å². The van der Waals surface area contributed by atoms with Crippen LogP contribution in [-0.2, 0) is 11.2 Å². The Morgan fingerprint density at radius 2 is 1.67 bits per heavy atom. The maximum atomic E-state index is 13.4. The van der Waals surface area contributed by atoms with Gasteiger partial charge >= 0.3 is 6.03 Å². The number of piperidine rings is 1. The molecule has 0 aromatic heterocycles. The summed E-state index contributed by atoms with van der Waals surface area (Å²) in [5.74, 6) is 0.478. The highest BCUT2D eigenvalue weighted by molar-refractivity contribution is 9.10. The lowest BCUT2D eigenvalue weighted by Gasteiger charge is -2.35. The topological polar surface area (TPSA) is 82.7 Å². The number of anilines is 3. The summed E-state index contributed by atoms with van der Waals surface area (Å²) in [5, 5.41) is 8.78. The number of amides is 3. The third-order valence-electron chi connectivity index (χ3n) is 7.42. The number of hydrogen-bond donors (Lipinski definition) is 3. The summed E-state index contributed by atoms with van der Waals surface area (Å²) in [6, 6.07) is 23.3. The highest BCUT2D eigenvalue weighted by Gasteiger charge is 2.25. The number of halogens is 1. The summed E-state index contributed by atoms with van der Waals surface area (Å²) >= 11 is 3.42. The zero-order valence-electron chi connectivity index (χ0n) is 22.0. The number of ether oxygens (including phenoxy) is 1. The lowest BCUT2D eigenvalue weighted by atomic mass is 9.89. The molecule has 5 rings (SSSR count). The minimum atomic E-state index is -0.367. The van der Waals surface area contributed by atoms with Crippen LogP contribution in [0, 0.1) is 5.92 Å². The van der Waals surface area contributed by atoms with E-state index in [4.69, 9.17) is 4.74 Å². The Morgan fingerprint density at radius 3 is 2.38 bits per heavy atom. The van der Waals surface area contributed by atoms with Crippen LogP contribution in [0.2, 0.25) is 0 Å². The monoisotopic (exact) mass is 590 g/mol. The lowest BCUT2D eigenvalue weighted by molar-refractivity contribution is 0.0858. The second-order valence-electron chi connectivity index (χ2n) is 10.3. The van der Waals surface area contributed by atoms with Gasteiger partial charge in [0.2, 0.25) is 0 Å². The molecule has 3 amide bonds. The Balaban J connectivity index is 1.28. The van der Waals surface area contributed by atoms with Crippen LogP contribution in [0.3, 0.4) is 0 Å². The van der Waals surface area contributed by atoms with Crippen molar-refractivity contribution in [1.29, 1.82) is 0 Å². The third-order valence-corrected chi connectivity index (χ3v) is 7.91. The van der Waals surface area contributed by atoms with Crippen molar-refractivity contribution in [2.75, 3.05) is 41.8 Å². The van der Waals surface area contributed by atoms with Crippen molar-refractivity contribution >= 4 is 44.9 Å². The largest absolute Gasteiger partial charge is 0.376 e. The fraction of sp³-hybridized carbons (Fsp3) is 0.355. The van der Waals surface area contributed by atoms with Gasteiger partial charge in [0.1, 0.15) is 0 Å². The van der Waals surface area contributed by atoms with Crippen LogP contribution < -0.4 is 20.9 Å². The van der Waals surface area contributed by atoms with Gasteiger partial charge in [0.05, 0.1) is 11.7 Å². The van der Waals surface area contributed by atoms with Crippen LogP contribution in [0.4, 0.5) is 21.9 Å². The summed E-state index contributed by atoms with van der Waals surface area (Å²) in [5.41, 5.74) is 4.08. The molecule has 2 aliphatic rings. The SMILES string of the molecule is O=C(Nc1cccc(Br)c1)Nc1ccc(N2CCC(Cc3ccccc3)CC2)c(C(=O)NC[C@H]2CCCO2)c1. The van der Waals surface area contributed by atoms with E-state index in [2.05, 4.69) is 67.1 Å². The van der Waals surface area contributed by atoms with Gasteiger partial charge in [-0.25, -0.2) is 4.79 Å². The van der Waals surface area contributed by atoms with Gasteiger partial charge in [-0.05, 0) is 80.0 Å². The summed E-state index contributed by atoms with van der Waals surface area (Å²) in [6.07, 6.45) is 5.26. The van der Waals surface area contributed by atoms with Crippen LogP contribution >= 0.6 is 15.9 Å². The summed E-state index contributed by atoms with van der Waals surface area (Å²) in [4.78, 5) is 28.4. The predicted octanol–water partition coefficient (Wildman–Crippen LogP) is 6.46. The fourth-order valence-corrected chi connectivity index (χ4v) is 5.76. The van der Waals surface area contributed by atoms with Crippen molar-refractivity contribution in [3.63, 3.8) is 0 Å². The highest BCUT2D eigenvalue weighted by atomic mass is 79.9. The molecular weight excluding hydrogens is 556 g/mol. The van der Waals surface area contributed by atoms with Crippen molar-refractivity contribution < 1.29 is 14.3 Å². The first-order valence-electron chi connectivity index (χ1n) is 13.7. The fourth-order valence-electron chi connectivity index (χ4n) is 5.36. The number of hydrogen-bond acceptors (Lipinski definition) is 4. The van der Waals surface area contributed by atoms with E-state index in [1.807, 2.05) is 36.4 Å². The Kier molecular flexibility index (Phi) is 9.16. The van der Waals surface area contributed by atoms with Crippen molar-refractivity contribution in [2.45, 2.75) is 38.2 Å². The molecule has 39 heavy (non-hydrogen) atoms. The molecule has 0 bridgehead atoms. The number of benzene rings is 3. The molecule has 2 heterocycles. The summed E-state index contributed by atoms with van der Waals surface area (Å²) < 4.78 is 6.57. The van der Waals surface area contributed by atoms with Gasteiger partial charge in [-0.3, -0.25) is 4.79 Å². The van der Waals surface area contributed by atoms with Crippen LogP contribution in [0.5, 0.6) is 0 Å². The molecule has 0 spiro atoms. The first-order valence-corrected chi connectivity index (χ1v) is 14.5. The number of rotatable bonds is 8. The minimum absolute atomic E-state index is 0.0587. The molecule has 2 aliphatic heterocycles.